The number of urea groups is 1. The van der Waals surface area contributed by atoms with Crippen molar-refractivity contribution in [3.63, 3.8) is 0 Å². The van der Waals surface area contributed by atoms with Crippen molar-refractivity contribution < 1.29 is 9.72 Å². The van der Waals surface area contributed by atoms with Crippen LogP contribution in [0.2, 0.25) is 0 Å². The monoisotopic (exact) mass is 329 g/mol. The van der Waals surface area contributed by atoms with Gasteiger partial charge in [0.2, 0.25) is 0 Å². The maximum atomic E-state index is 11.4. The summed E-state index contributed by atoms with van der Waals surface area (Å²) in [6.45, 7) is 4.36. The van der Waals surface area contributed by atoms with Crippen LogP contribution < -0.4 is 10.6 Å². The molecule has 8 heteroatoms. The summed E-state index contributed by atoms with van der Waals surface area (Å²) in [6.07, 6.45) is 0.792. The summed E-state index contributed by atoms with van der Waals surface area (Å²) >= 11 is 0. The number of carbonyl (C=O) groups excluding carboxylic acids is 1. The molecule has 2 amide bonds. The van der Waals surface area contributed by atoms with E-state index in [9.17, 15) is 14.9 Å². The van der Waals surface area contributed by atoms with E-state index in [4.69, 9.17) is 5.73 Å². The van der Waals surface area contributed by atoms with E-state index < -0.39 is 11.0 Å². The summed E-state index contributed by atoms with van der Waals surface area (Å²) in [4.78, 5) is 30.4. The predicted molar refractivity (Wildman–Crippen MR) is 91.1 cm³/mol. The summed E-state index contributed by atoms with van der Waals surface area (Å²) in [7, 11) is 0. The number of nitrogens with two attached hydrogens (primary N) is 1. The Morgan fingerprint density at radius 3 is 2.79 bits per heavy atom. The molecule has 1 fully saturated rings. The Hall–Kier alpha value is -2.90. The van der Waals surface area contributed by atoms with Crippen LogP contribution in [-0.2, 0) is 0 Å². The molecule has 1 aromatic carbocycles. The molecule has 2 N–H and O–H groups in total. The number of rotatable bonds is 2. The fourth-order valence-electron chi connectivity index (χ4n) is 3.13. The lowest BCUT2D eigenvalue weighted by molar-refractivity contribution is -0.383. The van der Waals surface area contributed by atoms with E-state index in [0.717, 1.165) is 29.7 Å². The number of benzene rings is 1. The van der Waals surface area contributed by atoms with Crippen molar-refractivity contribution in [1.29, 1.82) is 0 Å². The molecule has 126 valence electrons. The first-order chi connectivity index (χ1) is 11.5. The van der Waals surface area contributed by atoms with E-state index >= 15 is 0 Å². The molecular formula is C16H19N5O3. The standard InChI is InChI=1S/C16H19N5O3/c1-11-10-14(19-6-3-7-20(9-8-19)16(17)22)12-4-2-5-13(21(23)24)15(12)18-11/h2,4-5,10H,3,6-9H2,1H3,(H2,17,22). The molecule has 0 saturated carbocycles. The van der Waals surface area contributed by atoms with E-state index in [1.165, 1.54) is 6.07 Å². The van der Waals surface area contributed by atoms with Gasteiger partial charge in [0, 0.05) is 49.0 Å². The lowest BCUT2D eigenvalue weighted by Crippen LogP contribution is -2.38. The van der Waals surface area contributed by atoms with Crippen LogP contribution in [0.4, 0.5) is 16.2 Å². The van der Waals surface area contributed by atoms with E-state index in [1.807, 2.05) is 19.1 Å². The molecule has 8 nitrogen and oxygen atoms in total. The highest BCUT2D eigenvalue weighted by molar-refractivity contribution is 5.97. The summed E-state index contributed by atoms with van der Waals surface area (Å²) < 4.78 is 0. The van der Waals surface area contributed by atoms with Crippen LogP contribution in [0.1, 0.15) is 12.1 Å². The molecule has 0 bridgehead atoms. The van der Waals surface area contributed by atoms with Gasteiger partial charge in [0.25, 0.3) is 5.69 Å². The van der Waals surface area contributed by atoms with Crippen LogP contribution in [0.3, 0.4) is 0 Å². The number of nitro benzene ring substituents is 1. The molecule has 24 heavy (non-hydrogen) atoms. The van der Waals surface area contributed by atoms with E-state index in [1.54, 1.807) is 11.0 Å². The van der Waals surface area contributed by atoms with Crippen LogP contribution in [0, 0.1) is 17.0 Å². The molecule has 1 aliphatic heterocycles. The summed E-state index contributed by atoms with van der Waals surface area (Å²) in [6, 6.07) is 6.51. The second-order valence-corrected chi connectivity index (χ2v) is 5.88. The molecule has 1 aromatic heterocycles. The first kappa shape index (κ1) is 16.0. The van der Waals surface area contributed by atoms with Gasteiger partial charge in [-0.05, 0) is 19.4 Å². The van der Waals surface area contributed by atoms with Gasteiger partial charge in [0.1, 0.15) is 0 Å². The van der Waals surface area contributed by atoms with Crippen molar-refractivity contribution in [3.8, 4) is 0 Å². The number of nitro groups is 1. The third-order valence-electron chi connectivity index (χ3n) is 4.27. The van der Waals surface area contributed by atoms with Crippen molar-refractivity contribution in [1.82, 2.24) is 9.88 Å². The van der Waals surface area contributed by atoms with Gasteiger partial charge in [-0.25, -0.2) is 9.78 Å². The molecule has 0 radical (unpaired) electrons. The van der Waals surface area contributed by atoms with Gasteiger partial charge in [-0.2, -0.15) is 0 Å². The number of hydrogen-bond acceptors (Lipinski definition) is 5. The first-order valence-corrected chi connectivity index (χ1v) is 7.81. The molecule has 2 aromatic rings. The number of amides is 2. The van der Waals surface area contributed by atoms with Gasteiger partial charge < -0.3 is 15.5 Å². The van der Waals surface area contributed by atoms with Gasteiger partial charge in [0.05, 0.1) is 4.92 Å². The molecule has 3 rings (SSSR count). The minimum Gasteiger partial charge on any atom is -0.369 e. The number of para-hydroxylation sites is 1. The van der Waals surface area contributed by atoms with Crippen molar-refractivity contribution >= 4 is 28.3 Å². The van der Waals surface area contributed by atoms with E-state index in [-0.39, 0.29) is 5.69 Å². The summed E-state index contributed by atoms with van der Waals surface area (Å²) in [5, 5.41) is 12.0. The molecule has 0 aliphatic carbocycles. The van der Waals surface area contributed by atoms with Gasteiger partial charge >= 0.3 is 6.03 Å². The highest BCUT2D eigenvalue weighted by Gasteiger charge is 2.21. The number of fused-ring (bicyclic) bond motifs is 1. The Labute approximate surface area is 139 Å². The average Bonchev–Trinajstić information content (AvgIpc) is 2.79. The minimum atomic E-state index is -0.414. The number of primary amides is 1. The van der Waals surface area contributed by atoms with Crippen molar-refractivity contribution in [2.75, 3.05) is 31.1 Å². The Balaban J connectivity index is 2.04. The highest BCUT2D eigenvalue weighted by atomic mass is 16.6. The van der Waals surface area contributed by atoms with Crippen molar-refractivity contribution in [2.24, 2.45) is 5.73 Å². The number of non-ortho nitro benzene ring substituents is 1. The van der Waals surface area contributed by atoms with Gasteiger partial charge in [-0.15, -0.1) is 0 Å². The Morgan fingerprint density at radius 1 is 1.29 bits per heavy atom. The predicted octanol–water partition coefficient (Wildman–Crippen LogP) is 2.04. The maximum Gasteiger partial charge on any atom is 0.314 e. The zero-order chi connectivity index (χ0) is 17.3. The van der Waals surface area contributed by atoms with Crippen molar-refractivity contribution in [2.45, 2.75) is 13.3 Å². The fraction of sp³-hybridized carbons (Fsp3) is 0.375. The number of anilines is 1. The second kappa shape index (κ2) is 6.31. The average molecular weight is 329 g/mol. The largest absolute Gasteiger partial charge is 0.369 e. The van der Waals surface area contributed by atoms with Crippen LogP contribution in [-0.4, -0.2) is 47.0 Å². The maximum absolute atomic E-state index is 11.4. The molecule has 1 saturated heterocycles. The van der Waals surface area contributed by atoms with Crippen molar-refractivity contribution in [3.05, 3.63) is 40.1 Å². The number of carbonyl (C=O) groups is 1. The van der Waals surface area contributed by atoms with Gasteiger partial charge in [0.15, 0.2) is 5.52 Å². The Morgan fingerprint density at radius 2 is 2.08 bits per heavy atom. The Bertz CT molecular complexity index is 808. The minimum absolute atomic E-state index is 0.00559. The SMILES string of the molecule is Cc1cc(N2CCCN(C(N)=O)CC2)c2cccc([N+](=O)[O-])c2n1. The molecule has 0 atom stereocenters. The number of hydrogen-bond donors (Lipinski definition) is 1. The number of pyridine rings is 1. The first-order valence-electron chi connectivity index (χ1n) is 7.81. The zero-order valence-electron chi connectivity index (χ0n) is 13.4. The van der Waals surface area contributed by atoms with Crippen LogP contribution in [0.5, 0.6) is 0 Å². The quantitative estimate of drug-likeness (QED) is 0.670. The number of aryl methyl sites for hydroxylation is 1. The lowest BCUT2D eigenvalue weighted by Gasteiger charge is -2.24. The van der Waals surface area contributed by atoms with Crippen LogP contribution >= 0.6 is 0 Å². The summed E-state index contributed by atoms with van der Waals surface area (Å²) in [5.74, 6) is 0. The third kappa shape index (κ3) is 2.94. The number of aromatic nitrogens is 1. The number of nitrogens with zero attached hydrogens (tertiary/aromatic N) is 4. The van der Waals surface area contributed by atoms with E-state index in [0.29, 0.717) is 25.2 Å². The molecule has 0 spiro atoms. The van der Waals surface area contributed by atoms with Crippen LogP contribution in [0.25, 0.3) is 10.9 Å². The van der Waals surface area contributed by atoms with Gasteiger partial charge in [-0.1, -0.05) is 12.1 Å². The third-order valence-corrected chi connectivity index (χ3v) is 4.27. The Kier molecular flexibility index (Phi) is 4.20. The smallest absolute Gasteiger partial charge is 0.314 e. The fourth-order valence-corrected chi connectivity index (χ4v) is 3.13. The molecule has 2 heterocycles. The normalized spacial score (nSPS) is 15.4. The molecular weight excluding hydrogens is 310 g/mol. The second-order valence-electron chi connectivity index (χ2n) is 5.88. The lowest BCUT2D eigenvalue weighted by atomic mass is 10.1. The van der Waals surface area contributed by atoms with Gasteiger partial charge in [-0.3, -0.25) is 10.1 Å². The summed E-state index contributed by atoms with van der Waals surface area (Å²) in [5.41, 5.74) is 7.41. The van der Waals surface area contributed by atoms with E-state index in [2.05, 4.69) is 9.88 Å². The highest BCUT2D eigenvalue weighted by Crippen LogP contribution is 2.32. The molecule has 0 unspecified atom stereocenters. The topological polar surface area (TPSA) is 106 Å². The molecule has 1 aliphatic rings. The van der Waals surface area contributed by atoms with Crippen LogP contribution in [0.15, 0.2) is 24.3 Å². The zero-order valence-corrected chi connectivity index (χ0v) is 13.4.